The molecule has 5 rings (SSSR count). The fourth-order valence-corrected chi connectivity index (χ4v) is 5.48. The first-order chi connectivity index (χ1) is 16.3. The molecule has 1 saturated carbocycles. The minimum absolute atomic E-state index is 0.0194. The van der Waals surface area contributed by atoms with Gasteiger partial charge in [0.1, 0.15) is 12.4 Å². The molecule has 180 valence electrons. The number of rotatable bonds is 6. The molecular formula is C26H27F3N2O3. The number of nitrogens with one attached hydrogen (secondary N) is 2. The monoisotopic (exact) mass is 472 g/mol. The zero-order valence-corrected chi connectivity index (χ0v) is 18.7. The van der Waals surface area contributed by atoms with Gasteiger partial charge in [0.15, 0.2) is 0 Å². The summed E-state index contributed by atoms with van der Waals surface area (Å²) in [6.07, 6.45) is -0.0725. The molecule has 3 N–H and O–H groups in total. The van der Waals surface area contributed by atoms with Gasteiger partial charge in [-0.1, -0.05) is 25.0 Å². The van der Waals surface area contributed by atoms with E-state index in [1.807, 2.05) is 12.1 Å². The Bertz CT molecular complexity index is 1140. The average molecular weight is 473 g/mol. The van der Waals surface area contributed by atoms with E-state index in [0.29, 0.717) is 29.1 Å². The average Bonchev–Trinajstić information content (AvgIpc) is 3.45. The smallest absolute Gasteiger partial charge is 0.416 e. The van der Waals surface area contributed by atoms with Crippen molar-refractivity contribution < 1.29 is 27.8 Å². The van der Waals surface area contributed by atoms with E-state index >= 15 is 0 Å². The van der Waals surface area contributed by atoms with Gasteiger partial charge >= 0.3 is 12.1 Å². The fraction of sp³-hybridized carbons (Fsp3) is 0.423. The lowest BCUT2D eigenvalue weighted by atomic mass is 9.91. The van der Waals surface area contributed by atoms with E-state index in [2.05, 4.69) is 10.6 Å². The lowest BCUT2D eigenvalue weighted by Gasteiger charge is -2.24. The van der Waals surface area contributed by atoms with Crippen LogP contribution in [0.1, 0.15) is 72.6 Å². The van der Waals surface area contributed by atoms with E-state index in [9.17, 15) is 23.1 Å². The van der Waals surface area contributed by atoms with Gasteiger partial charge in [-0.3, -0.25) is 4.79 Å². The number of carbonyl (C=O) groups is 1. The first kappa shape index (κ1) is 22.6. The molecule has 1 aliphatic carbocycles. The van der Waals surface area contributed by atoms with Crippen LogP contribution >= 0.6 is 0 Å². The maximum absolute atomic E-state index is 13.8. The number of alkyl halides is 3. The number of benzene rings is 2. The van der Waals surface area contributed by atoms with E-state index in [1.54, 1.807) is 18.2 Å². The van der Waals surface area contributed by atoms with Crippen LogP contribution in [0, 0.1) is 0 Å². The Labute approximate surface area is 196 Å². The molecule has 0 saturated heterocycles. The lowest BCUT2D eigenvalue weighted by molar-refractivity contribution is -0.138. The van der Waals surface area contributed by atoms with Crippen LogP contribution in [0.15, 0.2) is 47.8 Å². The van der Waals surface area contributed by atoms with Crippen LogP contribution in [-0.2, 0) is 17.6 Å². The van der Waals surface area contributed by atoms with E-state index < -0.39 is 17.7 Å². The van der Waals surface area contributed by atoms with Crippen molar-refractivity contribution >= 4 is 11.7 Å². The molecule has 0 amide bonds. The summed E-state index contributed by atoms with van der Waals surface area (Å²) in [6.45, 7) is 0.718. The van der Waals surface area contributed by atoms with Crippen LogP contribution in [0.4, 0.5) is 18.9 Å². The number of carboxylic acids is 1. The molecule has 5 nitrogen and oxygen atoms in total. The summed E-state index contributed by atoms with van der Waals surface area (Å²) in [4.78, 5) is 11.2. The van der Waals surface area contributed by atoms with Crippen molar-refractivity contribution in [2.45, 2.75) is 63.1 Å². The molecule has 1 atom stereocenters. The van der Waals surface area contributed by atoms with Crippen molar-refractivity contribution in [1.82, 2.24) is 5.32 Å². The highest BCUT2D eigenvalue weighted by Gasteiger charge is 2.36. The molecule has 3 aliphatic rings. The maximum atomic E-state index is 13.8. The fourth-order valence-electron chi connectivity index (χ4n) is 5.48. The predicted molar refractivity (Wildman–Crippen MR) is 122 cm³/mol. The second-order valence-corrected chi connectivity index (χ2v) is 9.29. The van der Waals surface area contributed by atoms with Crippen LogP contribution in [0.5, 0.6) is 5.75 Å². The van der Waals surface area contributed by atoms with Gasteiger partial charge in [-0.05, 0) is 66.1 Å². The molecule has 1 fully saturated rings. The van der Waals surface area contributed by atoms with Crippen molar-refractivity contribution in [1.29, 1.82) is 0 Å². The molecule has 2 aliphatic heterocycles. The van der Waals surface area contributed by atoms with Gasteiger partial charge in [0.25, 0.3) is 0 Å². The van der Waals surface area contributed by atoms with E-state index in [-0.39, 0.29) is 24.9 Å². The Morgan fingerprint density at radius 1 is 1.06 bits per heavy atom. The molecule has 0 aromatic heterocycles. The molecule has 34 heavy (non-hydrogen) atoms. The van der Waals surface area contributed by atoms with Crippen molar-refractivity contribution in [3.8, 4) is 5.75 Å². The van der Waals surface area contributed by atoms with Crippen LogP contribution < -0.4 is 15.4 Å². The summed E-state index contributed by atoms with van der Waals surface area (Å²) in [7, 11) is 0. The number of aliphatic carboxylic acids is 1. The van der Waals surface area contributed by atoms with Gasteiger partial charge in [0.05, 0.1) is 12.0 Å². The van der Waals surface area contributed by atoms with Crippen LogP contribution in [0.2, 0.25) is 0 Å². The number of anilines is 1. The van der Waals surface area contributed by atoms with Gasteiger partial charge < -0.3 is 20.5 Å². The van der Waals surface area contributed by atoms with Gasteiger partial charge in [0, 0.05) is 29.5 Å². The Hall–Kier alpha value is -3.16. The van der Waals surface area contributed by atoms with Crippen molar-refractivity contribution in [2.75, 3.05) is 11.9 Å². The lowest BCUT2D eigenvalue weighted by Crippen LogP contribution is -2.28. The van der Waals surface area contributed by atoms with Gasteiger partial charge in [-0.2, -0.15) is 13.2 Å². The van der Waals surface area contributed by atoms with E-state index in [4.69, 9.17) is 4.74 Å². The third-order valence-electron chi connectivity index (χ3n) is 7.06. The highest BCUT2D eigenvalue weighted by Crippen LogP contribution is 2.45. The van der Waals surface area contributed by atoms with Crippen molar-refractivity contribution in [3.63, 3.8) is 0 Å². The maximum Gasteiger partial charge on any atom is 0.416 e. The minimum atomic E-state index is -4.39. The molecule has 2 aromatic rings. The van der Waals surface area contributed by atoms with Gasteiger partial charge in [-0.25, -0.2) is 0 Å². The van der Waals surface area contributed by atoms with E-state index in [1.165, 1.54) is 6.07 Å². The normalized spacial score (nSPS) is 19.9. The number of hydrogen-bond donors (Lipinski definition) is 3. The third-order valence-corrected chi connectivity index (χ3v) is 7.06. The predicted octanol–water partition coefficient (Wildman–Crippen LogP) is 6.13. The Morgan fingerprint density at radius 3 is 2.59 bits per heavy atom. The molecule has 8 heteroatoms. The Kier molecular flexibility index (Phi) is 5.91. The second kappa shape index (κ2) is 8.89. The van der Waals surface area contributed by atoms with Crippen molar-refractivity contribution in [2.24, 2.45) is 0 Å². The molecule has 0 bridgehead atoms. The standard InChI is InChI=1S/C26H27F3N2O3/c27-26(28,29)21-11-15(5-7-18(21)16-3-1-2-4-16)14-34-17-6-8-22-20(12-17)19-9-10-30-23(13-24(32)33)25(19)31-22/h5-8,11-12,16,19,30-31H,1-4,9-10,13-14H2,(H,32,33). The Balaban J connectivity index is 1.34. The molecule has 2 aromatic carbocycles. The summed E-state index contributed by atoms with van der Waals surface area (Å²) in [6, 6.07) is 10.2. The van der Waals surface area contributed by atoms with E-state index in [0.717, 1.165) is 49.1 Å². The number of allylic oxidation sites excluding steroid dienone is 1. The molecular weight excluding hydrogens is 445 g/mol. The first-order valence-corrected chi connectivity index (χ1v) is 11.7. The quantitative estimate of drug-likeness (QED) is 0.472. The first-order valence-electron chi connectivity index (χ1n) is 11.7. The number of ether oxygens (including phenoxy) is 1. The minimum Gasteiger partial charge on any atom is -0.489 e. The summed E-state index contributed by atoms with van der Waals surface area (Å²) < 4.78 is 47.2. The number of fused-ring (bicyclic) bond motifs is 3. The topological polar surface area (TPSA) is 70.6 Å². The number of carboxylic acid groups (broad SMARTS) is 1. The highest BCUT2D eigenvalue weighted by atomic mass is 19.4. The zero-order chi connectivity index (χ0) is 23.9. The summed E-state index contributed by atoms with van der Waals surface area (Å²) in [5.74, 6) is -0.283. The number of halogens is 3. The molecule has 1 unspecified atom stereocenters. The summed E-state index contributed by atoms with van der Waals surface area (Å²) in [5, 5.41) is 15.7. The molecule has 0 radical (unpaired) electrons. The third kappa shape index (κ3) is 4.45. The van der Waals surface area contributed by atoms with Gasteiger partial charge in [-0.15, -0.1) is 0 Å². The zero-order valence-electron chi connectivity index (χ0n) is 18.7. The Morgan fingerprint density at radius 2 is 1.85 bits per heavy atom. The second-order valence-electron chi connectivity index (χ2n) is 9.29. The summed E-state index contributed by atoms with van der Waals surface area (Å²) >= 11 is 0. The number of hydrogen-bond acceptors (Lipinski definition) is 4. The SMILES string of the molecule is O=C(O)CC1=C2Nc3ccc(OCc4ccc(C5CCCC5)c(C(F)(F)F)c4)cc3C2CCN1. The van der Waals surface area contributed by atoms with Crippen LogP contribution in [0.3, 0.4) is 0 Å². The molecule has 2 heterocycles. The van der Waals surface area contributed by atoms with Crippen LogP contribution in [0.25, 0.3) is 0 Å². The van der Waals surface area contributed by atoms with Crippen LogP contribution in [-0.4, -0.2) is 17.6 Å². The van der Waals surface area contributed by atoms with Gasteiger partial charge in [0.2, 0.25) is 0 Å². The van der Waals surface area contributed by atoms with Crippen molar-refractivity contribution in [3.05, 3.63) is 70.0 Å². The summed E-state index contributed by atoms with van der Waals surface area (Å²) in [5.41, 5.74) is 3.82. The molecule has 0 spiro atoms. The highest BCUT2D eigenvalue weighted by molar-refractivity contribution is 5.73. The largest absolute Gasteiger partial charge is 0.489 e.